The van der Waals surface area contributed by atoms with Crippen LogP contribution in [0.1, 0.15) is 33.1 Å². The fourth-order valence-electron chi connectivity index (χ4n) is 2.10. The van der Waals surface area contributed by atoms with Gasteiger partial charge in [-0.3, -0.25) is 0 Å². The van der Waals surface area contributed by atoms with Crippen molar-refractivity contribution in [3.05, 3.63) is 23.5 Å². The van der Waals surface area contributed by atoms with E-state index in [2.05, 4.69) is 29.5 Å². The fourth-order valence-corrected chi connectivity index (χ4v) is 2.28. The molecule has 1 aromatic rings. The second-order valence-electron chi connectivity index (χ2n) is 4.86. The first-order chi connectivity index (χ1) is 9.55. The lowest BCUT2D eigenvalue weighted by Crippen LogP contribution is -2.39. The van der Waals surface area contributed by atoms with Crippen molar-refractivity contribution in [2.45, 2.75) is 33.1 Å². The zero-order valence-corrected chi connectivity index (χ0v) is 12.7. The van der Waals surface area contributed by atoms with E-state index in [-0.39, 0.29) is 18.1 Å². The average Bonchev–Trinajstić information content (AvgIpc) is 2.44. The molecule has 0 aromatic carbocycles. The van der Waals surface area contributed by atoms with Crippen LogP contribution in [-0.2, 0) is 0 Å². The normalized spacial score (nSPS) is 11.2. The maximum atomic E-state index is 11.9. The maximum Gasteiger partial charge on any atom is 0.319 e. The molecule has 0 bridgehead atoms. The molecule has 1 heterocycles. The van der Waals surface area contributed by atoms with Gasteiger partial charge < -0.3 is 15.7 Å². The molecule has 0 unspecified atom stereocenters. The van der Waals surface area contributed by atoms with E-state index in [1.807, 2.05) is 0 Å². The highest BCUT2D eigenvalue weighted by atomic mass is 35.5. The summed E-state index contributed by atoms with van der Waals surface area (Å²) in [5.41, 5.74) is 0.547. The number of urea groups is 1. The molecular weight excluding hydrogens is 278 g/mol. The largest absolute Gasteiger partial charge is 0.396 e. The highest BCUT2D eigenvalue weighted by Gasteiger charge is 2.26. The van der Waals surface area contributed by atoms with E-state index in [1.165, 1.54) is 6.20 Å². The molecular formula is C14H22ClN3O2. The van der Waals surface area contributed by atoms with Crippen molar-refractivity contribution >= 4 is 23.3 Å². The number of nitrogens with zero attached hydrogens (tertiary/aromatic N) is 1. The van der Waals surface area contributed by atoms with Crippen molar-refractivity contribution in [1.29, 1.82) is 0 Å². The lowest BCUT2D eigenvalue weighted by Gasteiger charge is -2.31. The number of halogens is 1. The summed E-state index contributed by atoms with van der Waals surface area (Å²) >= 11 is 5.75. The standard InChI is InChI=1S/C14H22ClN3O2/c1-3-14(4-2,6-8-19)10-17-13(20)18-11-5-7-16-12(15)9-11/h5,7,9,19H,3-4,6,8,10H2,1-2H3,(H2,16,17,18,20). The number of nitrogens with one attached hydrogen (secondary N) is 2. The smallest absolute Gasteiger partial charge is 0.319 e. The Bertz CT molecular complexity index is 436. The molecule has 0 aliphatic carbocycles. The first-order valence-corrected chi connectivity index (χ1v) is 7.20. The molecule has 0 radical (unpaired) electrons. The van der Waals surface area contributed by atoms with Crippen LogP contribution in [0.2, 0.25) is 5.15 Å². The zero-order chi connectivity index (χ0) is 15.0. The second-order valence-corrected chi connectivity index (χ2v) is 5.24. The lowest BCUT2D eigenvalue weighted by atomic mass is 9.79. The van der Waals surface area contributed by atoms with E-state index in [4.69, 9.17) is 16.7 Å². The number of rotatable bonds is 7. The third kappa shape index (κ3) is 4.98. The van der Waals surface area contributed by atoms with Gasteiger partial charge >= 0.3 is 6.03 Å². The molecule has 1 aromatic heterocycles. The van der Waals surface area contributed by atoms with Gasteiger partial charge in [-0.25, -0.2) is 9.78 Å². The van der Waals surface area contributed by atoms with Crippen LogP contribution in [0.4, 0.5) is 10.5 Å². The quantitative estimate of drug-likeness (QED) is 0.677. The van der Waals surface area contributed by atoms with Gasteiger partial charge in [-0.1, -0.05) is 25.4 Å². The number of aromatic nitrogens is 1. The van der Waals surface area contributed by atoms with Crippen LogP contribution in [0.15, 0.2) is 18.3 Å². The summed E-state index contributed by atoms with van der Waals surface area (Å²) in [6.45, 7) is 4.80. The summed E-state index contributed by atoms with van der Waals surface area (Å²) in [6.07, 6.45) is 4.03. The van der Waals surface area contributed by atoms with Gasteiger partial charge in [0.05, 0.1) is 0 Å². The van der Waals surface area contributed by atoms with Crippen LogP contribution >= 0.6 is 11.6 Å². The van der Waals surface area contributed by atoms with Crippen LogP contribution in [0.3, 0.4) is 0 Å². The number of carbonyl (C=O) groups excluding carboxylic acids is 1. The Labute approximate surface area is 124 Å². The van der Waals surface area contributed by atoms with E-state index < -0.39 is 0 Å². The maximum absolute atomic E-state index is 11.9. The third-order valence-electron chi connectivity index (χ3n) is 3.75. The Morgan fingerprint density at radius 3 is 2.70 bits per heavy atom. The van der Waals surface area contributed by atoms with Crippen molar-refractivity contribution < 1.29 is 9.90 Å². The van der Waals surface area contributed by atoms with Crippen molar-refractivity contribution in [1.82, 2.24) is 10.3 Å². The van der Waals surface area contributed by atoms with Crippen molar-refractivity contribution in [3.63, 3.8) is 0 Å². The number of hydrogen-bond acceptors (Lipinski definition) is 3. The molecule has 2 amide bonds. The van der Waals surface area contributed by atoms with Gasteiger partial charge in [-0.15, -0.1) is 0 Å². The summed E-state index contributed by atoms with van der Waals surface area (Å²) in [5.74, 6) is 0. The van der Waals surface area contributed by atoms with E-state index in [1.54, 1.807) is 12.1 Å². The summed E-state index contributed by atoms with van der Waals surface area (Å²) < 4.78 is 0. The van der Waals surface area contributed by atoms with Crippen LogP contribution in [0.25, 0.3) is 0 Å². The number of hydrogen-bond donors (Lipinski definition) is 3. The van der Waals surface area contributed by atoms with Gasteiger partial charge in [0, 0.05) is 25.0 Å². The van der Waals surface area contributed by atoms with E-state index in [0.29, 0.717) is 23.8 Å². The van der Waals surface area contributed by atoms with Crippen LogP contribution < -0.4 is 10.6 Å². The van der Waals surface area contributed by atoms with Crippen molar-refractivity contribution in [2.24, 2.45) is 5.41 Å². The second kappa shape index (κ2) is 8.07. The molecule has 3 N–H and O–H groups in total. The van der Waals surface area contributed by atoms with Gasteiger partial charge in [-0.05, 0) is 36.8 Å². The van der Waals surface area contributed by atoms with Crippen LogP contribution in [0.5, 0.6) is 0 Å². The first kappa shape index (κ1) is 16.7. The van der Waals surface area contributed by atoms with Gasteiger partial charge in [0.1, 0.15) is 5.15 Å². The fraction of sp³-hybridized carbons (Fsp3) is 0.571. The summed E-state index contributed by atoms with van der Waals surface area (Å²) in [6, 6.07) is 2.98. The molecule has 5 nitrogen and oxygen atoms in total. The third-order valence-corrected chi connectivity index (χ3v) is 3.96. The van der Waals surface area contributed by atoms with Crippen LogP contribution in [0, 0.1) is 5.41 Å². The molecule has 112 valence electrons. The highest BCUT2D eigenvalue weighted by molar-refractivity contribution is 6.29. The van der Waals surface area contributed by atoms with E-state index in [9.17, 15) is 4.79 Å². The van der Waals surface area contributed by atoms with Gasteiger partial charge in [-0.2, -0.15) is 0 Å². The van der Waals surface area contributed by atoms with Crippen molar-refractivity contribution in [3.8, 4) is 0 Å². The number of aliphatic hydroxyl groups is 1. The predicted molar refractivity (Wildman–Crippen MR) is 81.0 cm³/mol. The predicted octanol–water partition coefficient (Wildman–Crippen LogP) is 3.05. The summed E-state index contributed by atoms with van der Waals surface area (Å²) in [5, 5.41) is 15.0. The van der Waals surface area contributed by atoms with E-state index >= 15 is 0 Å². The summed E-state index contributed by atoms with van der Waals surface area (Å²) in [4.78, 5) is 15.7. The molecule has 0 aliphatic heterocycles. The number of anilines is 1. The summed E-state index contributed by atoms with van der Waals surface area (Å²) in [7, 11) is 0. The minimum absolute atomic E-state index is 0.0536. The van der Waals surface area contributed by atoms with Gasteiger partial charge in [0.25, 0.3) is 0 Å². The molecule has 6 heteroatoms. The molecule has 0 fully saturated rings. The Morgan fingerprint density at radius 2 is 2.15 bits per heavy atom. The molecule has 0 saturated heterocycles. The zero-order valence-electron chi connectivity index (χ0n) is 11.9. The van der Waals surface area contributed by atoms with Crippen molar-refractivity contribution in [2.75, 3.05) is 18.5 Å². The van der Waals surface area contributed by atoms with Gasteiger partial charge in [0.2, 0.25) is 0 Å². The van der Waals surface area contributed by atoms with E-state index in [0.717, 1.165) is 12.8 Å². The topological polar surface area (TPSA) is 74.2 Å². The molecule has 20 heavy (non-hydrogen) atoms. The average molecular weight is 300 g/mol. The number of pyridine rings is 1. The monoisotopic (exact) mass is 299 g/mol. The Balaban J connectivity index is 2.53. The lowest BCUT2D eigenvalue weighted by molar-refractivity contribution is 0.165. The first-order valence-electron chi connectivity index (χ1n) is 6.82. The van der Waals surface area contributed by atoms with Crippen LogP contribution in [-0.4, -0.2) is 29.3 Å². The molecule has 1 rings (SSSR count). The molecule has 0 saturated carbocycles. The Kier molecular flexibility index (Phi) is 6.75. The molecule has 0 atom stereocenters. The number of carbonyl (C=O) groups is 1. The Morgan fingerprint density at radius 1 is 1.45 bits per heavy atom. The van der Waals surface area contributed by atoms with Gasteiger partial charge in [0.15, 0.2) is 0 Å². The SMILES string of the molecule is CCC(CC)(CCO)CNC(=O)Nc1ccnc(Cl)c1. The molecule has 0 aliphatic rings. The highest BCUT2D eigenvalue weighted by Crippen LogP contribution is 2.29. The minimum atomic E-state index is -0.281. The number of aliphatic hydroxyl groups excluding tert-OH is 1. The number of amides is 2. The molecule has 0 spiro atoms. The Hall–Kier alpha value is -1.33. The minimum Gasteiger partial charge on any atom is -0.396 e.